The molecule has 0 saturated heterocycles. The second kappa shape index (κ2) is 11.4. The van der Waals surface area contributed by atoms with Crippen LogP contribution in [0.1, 0.15) is 0 Å². The van der Waals surface area contributed by atoms with Crippen LogP contribution in [0, 0.1) is 0 Å². The van der Waals surface area contributed by atoms with Gasteiger partial charge in [-0.2, -0.15) is 9.97 Å². The van der Waals surface area contributed by atoms with Crippen LogP contribution in [0.5, 0.6) is 0 Å². The molecule has 0 amide bonds. The van der Waals surface area contributed by atoms with Crippen molar-refractivity contribution in [3.05, 3.63) is 170 Å². The minimum absolute atomic E-state index is 0.558. The molecule has 7 aromatic carbocycles. The molecule has 0 radical (unpaired) electrons. The molecule has 5 heteroatoms. The van der Waals surface area contributed by atoms with Gasteiger partial charge in [-0.3, -0.25) is 4.57 Å². The van der Waals surface area contributed by atoms with Crippen LogP contribution in [0.2, 0.25) is 0 Å². The van der Waals surface area contributed by atoms with Gasteiger partial charge in [0.15, 0.2) is 11.6 Å². The molecule has 0 bridgehead atoms. The quantitative estimate of drug-likeness (QED) is 0.188. The van der Waals surface area contributed by atoms with E-state index in [2.05, 4.69) is 102 Å². The summed E-state index contributed by atoms with van der Waals surface area (Å²) in [6.07, 6.45) is 0. The molecule has 0 N–H and O–H groups in total. The molecular formula is C45H28N4O. The van der Waals surface area contributed by atoms with Crippen LogP contribution in [-0.4, -0.2) is 19.5 Å². The van der Waals surface area contributed by atoms with Gasteiger partial charge in [-0.05, 0) is 29.3 Å². The zero-order valence-corrected chi connectivity index (χ0v) is 26.9. The summed E-state index contributed by atoms with van der Waals surface area (Å²) in [5.41, 5.74) is 9.89. The van der Waals surface area contributed by atoms with Crippen molar-refractivity contribution in [2.75, 3.05) is 0 Å². The molecule has 0 fully saturated rings. The van der Waals surface area contributed by atoms with Crippen molar-refractivity contribution in [2.45, 2.75) is 0 Å². The van der Waals surface area contributed by atoms with E-state index in [1.54, 1.807) is 0 Å². The highest BCUT2D eigenvalue weighted by molar-refractivity contribution is 6.17. The number of hydrogen-bond acceptors (Lipinski definition) is 4. The van der Waals surface area contributed by atoms with Crippen LogP contribution in [-0.2, 0) is 0 Å². The summed E-state index contributed by atoms with van der Waals surface area (Å²) in [5.74, 6) is 1.79. The monoisotopic (exact) mass is 640 g/mol. The maximum Gasteiger partial charge on any atom is 0.238 e. The fourth-order valence-electron chi connectivity index (χ4n) is 7.25. The van der Waals surface area contributed by atoms with Crippen LogP contribution in [0.25, 0.3) is 94.7 Å². The van der Waals surface area contributed by atoms with E-state index in [-0.39, 0.29) is 0 Å². The highest BCUT2D eigenvalue weighted by Crippen LogP contribution is 2.45. The molecule has 0 aliphatic heterocycles. The first-order valence-corrected chi connectivity index (χ1v) is 16.7. The summed E-state index contributed by atoms with van der Waals surface area (Å²) in [6, 6.07) is 58.5. The number of aromatic nitrogens is 4. The highest BCUT2D eigenvalue weighted by Gasteiger charge is 2.23. The molecule has 10 rings (SSSR count). The van der Waals surface area contributed by atoms with E-state index in [1.165, 1.54) is 0 Å². The zero-order valence-electron chi connectivity index (χ0n) is 26.9. The molecule has 50 heavy (non-hydrogen) atoms. The second-order valence-corrected chi connectivity index (χ2v) is 12.4. The highest BCUT2D eigenvalue weighted by atomic mass is 16.3. The molecule has 3 aromatic heterocycles. The zero-order chi connectivity index (χ0) is 33.0. The molecule has 0 aliphatic rings. The van der Waals surface area contributed by atoms with Gasteiger partial charge in [0.1, 0.15) is 11.2 Å². The summed E-state index contributed by atoms with van der Waals surface area (Å²) in [4.78, 5) is 15.4. The molecular weight excluding hydrogens is 613 g/mol. The molecule has 3 heterocycles. The molecule has 0 atom stereocenters. The van der Waals surface area contributed by atoms with E-state index in [0.717, 1.165) is 77.1 Å². The molecule has 0 unspecified atom stereocenters. The minimum Gasteiger partial charge on any atom is -0.455 e. The van der Waals surface area contributed by atoms with Crippen LogP contribution in [0.4, 0.5) is 0 Å². The predicted octanol–water partition coefficient (Wildman–Crippen LogP) is 11.5. The Balaban J connectivity index is 1.33. The SMILES string of the molecule is c1ccc(-c2nc(-c3ccccc3)nc(-n3c4ccccc4c4cccc(-c5ccc6c(oc7ccccc76)c5-c5ccccc5)c43)n2)cc1. The van der Waals surface area contributed by atoms with Crippen LogP contribution >= 0.6 is 0 Å². The number of furan rings is 1. The lowest BCUT2D eigenvalue weighted by Gasteiger charge is -2.15. The van der Waals surface area contributed by atoms with E-state index in [0.29, 0.717) is 17.6 Å². The number of hydrogen-bond donors (Lipinski definition) is 0. The Morgan fingerprint density at radius 3 is 1.68 bits per heavy atom. The van der Waals surface area contributed by atoms with Gasteiger partial charge in [0.25, 0.3) is 0 Å². The number of para-hydroxylation sites is 3. The molecule has 234 valence electrons. The third kappa shape index (κ3) is 4.45. The fraction of sp³-hybridized carbons (Fsp3) is 0. The van der Waals surface area contributed by atoms with Gasteiger partial charge in [-0.15, -0.1) is 0 Å². The fourth-order valence-corrected chi connectivity index (χ4v) is 7.25. The van der Waals surface area contributed by atoms with Crippen molar-refractivity contribution in [3.63, 3.8) is 0 Å². The molecule has 0 spiro atoms. The lowest BCUT2D eigenvalue weighted by Crippen LogP contribution is -2.07. The van der Waals surface area contributed by atoms with Crippen molar-refractivity contribution < 1.29 is 4.42 Å². The largest absolute Gasteiger partial charge is 0.455 e. The molecule has 5 nitrogen and oxygen atoms in total. The summed E-state index contributed by atoms with van der Waals surface area (Å²) in [7, 11) is 0. The van der Waals surface area contributed by atoms with Crippen molar-refractivity contribution in [3.8, 4) is 51.0 Å². The van der Waals surface area contributed by atoms with Gasteiger partial charge < -0.3 is 4.42 Å². The first kappa shape index (κ1) is 28.2. The molecule has 10 aromatic rings. The van der Waals surface area contributed by atoms with Crippen molar-refractivity contribution in [1.29, 1.82) is 0 Å². The van der Waals surface area contributed by atoms with E-state index in [9.17, 15) is 0 Å². The van der Waals surface area contributed by atoms with Crippen molar-refractivity contribution >= 4 is 43.7 Å². The van der Waals surface area contributed by atoms with Gasteiger partial charge in [0, 0.05) is 43.8 Å². The van der Waals surface area contributed by atoms with Crippen LogP contribution < -0.4 is 0 Å². The van der Waals surface area contributed by atoms with Gasteiger partial charge in [-0.25, -0.2) is 4.98 Å². The Kier molecular flexibility index (Phi) is 6.42. The van der Waals surface area contributed by atoms with E-state index in [4.69, 9.17) is 19.4 Å². The lowest BCUT2D eigenvalue weighted by molar-refractivity contribution is 0.670. The lowest BCUT2D eigenvalue weighted by atomic mass is 9.91. The van der Waals surface area contributed by atoms with Gasteiger partial charge in [-0.1, -0.05) is 152 Å². The van der Waals surface area contributed by atoms with Gasteiger partial charge in [0.05, 0.1) is 11.0 Å². The standard InChI is InChI=1S/C45H28N4O/c1-4-15-29(16-5-1)40-34(27-28-37-33-22-11-13-26-39(33)50-42(37)40)36-24-14-23-35-32-21-10-12-25-38(32)49(41(35)36)45-47-43(30-17-6-2-7-18-30)46-44(48-45)31-19-8-3-9-20-31/h1-28H. The number of nitrogens with zero attached hydrogens (tertiary/aromatic N) is 4. The smallest absolute Gasteiger partial charge is 0.238 e. The van der Waals surface area contributed by atoms with Gasteiger partial charge in [0.2, 0.25) is 5.95 Å². The van der Waals surface area contributed by atoms with Crippen molar-refractivity contribution in [2.24, 2.45) is 0 Å². The topological polar surface area (TPSA) is 56.7 Å². The van der Waals surface area contributed by atoms with Crippen LogP contribution in [0.3, 0.4) is 0 Å². The normalized spacial score (nSPS) is 11.6. The Bertz CT molecular complexity index is 2800. The summed E-state index contributed by atoms with van der Waals surface area (Å²) in [6.45, 7) is 0. The molecule has 0 saturated carbocycles. The van der Waals surface area contributed by atoms with E-state index < -0.39 is 0 Å². The predicted molar refractivity (Wildman–Crippen MR) is 203 cm³/mol. The van der Waals surface area contributed by atoms with Crippen molar-refractivity contribution in [1.82, 2.24) is 19.5 Å². The molecule has 0 aliphatic carbocycles. The van der Waals surface area contributed by atoms with E-state index in [1.807, 2.05) is 72.8 Å². The number of fused-ring (bicyclic) bond motifs is 6. The average molecular weight is 641 g/mol. The second-order valence-electron chi connectivity index (χ2n) is 12.4. The first-order chi connectivity index (χ1) is 24.8. The average Bonchev–Trinajstić information content (AvgIpc) is 3.74. The summed E-state index contributed by atoms with van der Waals surface area (Å²) < 4.78 is 8.88. The number of benzene rings is 7. The first-order valence-electron chi connectivity index (χ1n) is 16.7. The Morgan fingerprint density at radius 1 is 0.400 bits per heavy atom. The van der Waals surface area contributed by atoms with E-state index >= 15 is 0 Å². The minimum atomic E-state index is 0.558. The van der Waals surface area contributed by atoms with Gasteiger partial charge >= 0.3 is 0 Å². The summed E-state index contributed by atoms with van der Waals surface area (Å²) in [5, 5.41) is 4.43. The third-order valence-electron chi connectivity index (χ3n) is 9.48. The maximum atomic E-state index is 6.68. The Labute approximate surface area is 287 Å². The van der Waals surface area contributed by atoms with Crippen LogP contribution in [0.15, 0.2) is 174 Å². The Hall–Kier alpha value is -6.85. The summed E-state index contributed by atoms with van der Waals surface area (Å²) >= 11 is 0. The Morgan fingerprint density at radius 2 is 0.980 bits per heavy atom. The third-order valence-corrected chi connectivity index (χ3v) is 9.48. The number of rotatable bonds is 5. The maximum absolute atomic E-state index is 6.68.